The van der Waals surface area contributed by atoms with Gasteiger partial charge in [0, 0.05) is 12.3 Å². The largest absolute Gasteiger partial charge is 0.386 e. The van der Waals surface area contributed by atoms with Crippen molar-refractivity contribution < 1.29 is 5.11 Å². The molecular weight excluding hydrogens is 288 g/mol. The number of aliphatic hydroxyl groups is 1. The van der Waals surface area contributed by atoms with E-state index in [2.05, 4.69) is 41.8 Å². The SMILES string of the molecule is CCCn1ncc(Br)c1C(O)CSC(C)C. The lowest BCUT2D eigenvalue weighted by Crippen LogP contribution is -2.12. The Labute approximate surface area is 110 Å². The molecule has 0 bridgehead atoms. The highest BCUT2D eigenvalue weighted by Crippen LogP contribution is 2.27. The van der Waals surface area contributed by atoms with Gasteiger partial charge in [-0.3, -0.25) is 4.68 Å². The molecule has 16 heavy (non-hydrogen) atoms. The van der Waals surface area contributed by atoms with Crippen LogP contribution in [-0.2, 0) is 6.54 Å². The Hall–Kier alpha value is -0.0000000000000000555. The van der Waals surface area contributed by atoms with Crippen LogP contribution in [0.3, 0.4) is 0 Å². The fraction of sp³-hybridized carbons (Fsp3) is 0.727. The number of hydrogen-bond donors (Lipinski definition) is 1. The van der Waals surface area contributed by atoms with Gasteiger partial charge in [-0.2, -0.15) is 16.9 Å². The number of rotatable bonds is 6. The predicted molar refractivity (Wildman–Crippen MR) is 72.8 cm³/mol. The maximum atomic E-state index is 10.1. The number of aryl methyl sites for hydroxylation is 1. The van der Waals surface area contributed by atoms with E-state index in [9.17, 15) is 5.11 Å². The average molecular weight is 307 g/mol. The summed E-state index contributed by atoms with van der Waals surface area (Å²) in [5.41, 5.74) is 0.898. The third kappa shape index (κ3) is 3.79. The lowest BCUT2D eigenvalue weighted by atomic mass is 10.3. The summed E-state index contributed by atoms with van der Waals surface area (Å²) in [7, 11) is 0. The molecule has 0 amide bonds. The van der Waals surface area contributed by atoms with Gasteiger partial charge in [-0.15, -0.1) is 0 Å². The van der Waals surface area contributed by atoms with Crippen LogP contribution in [0.1, 0.15) is 39.0 Å². The molecule has 1 unspecified atom stereocenters. The molecule has 0 saturated carbocycles. The van der Waals surface area contributed by atoms with Crippen molar-refractivity contribution in [1.82, 2.24) is 9.78 Å². The summed E-state index contributed by atoms with van der Waals surface area (Å²) in [5, 5.41) is 14.9. The number of nitrogens with zero attached hydrogens (tertiary/aromatic N) is 2. The minimum Gasteiger partial charge on any atom is -0.386 e. The first-order valence-corrected chi connectivity index (χ1v) is 7.41. The smallest absolute Gasteiger partial charge is 0.106 e. The van der Waals surface area contributed by atoms with Crippen LogP contribution < -0.4 is 0 Å². The van der Waals surface area contributed by atoms with Gasteiger partial charge < -0.3 is 5.11 Å². The molecule has 0 aliphatic carbocycles. The van der Waals surface area contributed by atoms with E-state index in [-0.39, 0.29) is 0 Å². The molecule has 1 atom stereocenters. The van der Waals surface area contributed by atoms with Crippen molar-refractivity contribution in [3.05, 3.63) is 16.4 Å². The molecule has 92 valence electrons. The summed E-state index contributed by atoms with van der Waals surface area (Å²) in [5.74, 6) is 0.714. The van der Waals surface area contributed by atoms with Crippen LogP contribution >= 0.6 is 27.7 Å². The van der Waals surface area contributed by atoms with E-state index in [1.165, 1.54) is 0 Å². The van der Waals surface area contributed by atoms with Crippen molar-refractivity contribution in [3.8, 4) is 0 Å². The van der Waals surface area contributed by atoms with Gasteiger partial charge in [0.15, 0.2) is 0 Å². The molecule has 3 nitrogen and oxygen atoms in total. The van der Waals surface area contributed by atoms with Crippen LogP contribution in [0.4, 0.5) is 0 Å². The van der Waals surface area contributed by atoms with Crippen LogP contribution in [-0.4, -0.2) is 25.9 Å². The van der Waals surface area contributed by atoms with Gasteiger partial charge in [0.1, 0.15) is 6.10 Å². The van der Waals surface area contributed by atoms with Crippen molar-refractivity contribution in [2.75, 3.05) is 5.75 Å². The molecule has 0 spiro atoms. The van der Waals surface area contributed by atoms with E-state index in [1.807, 2.05) is 4.68 Å². The van der Waals surface area contributed by atoms with Gasteiger partial charge in [-0.05, 0) is 27.6 Å². The molecule has 0 fully saturated rings. The van der Waals surface area contributed by atoms with E-state index >= 15 is 0 Å². The number of aliphatic hydroxyl groups excluding tert-OH is 1. The Morgan fingerprint density at radius 2 is 2.25 bits per heavy atom. The van der Waals surface area contributed by atoms with Gasteiger partial charge in [0.2, 0.25) is 0 Å². The maximum Gasteiger partial charge on any atom is 0.106 e. The van der Waals surface area contributed by atoms with Crippen molar-refractivity contribution in [2.24, 2.45) is 0 Å². The van der Waals surface area contributed by atoms with Crippen LogP contribution in [0.5, 0.6) is 0 Å². The molecule has 0 saturated heterocycles. The highest BCUT2D eigenvalue weighted by molar-refractivity contribution is 9.10. The second-order valence-corrected chi connectivity index (χ2v) is 6.46. The fourth-order valence-electron chi connectivity index (χ4n) is 1.46. The highest BCUT2D eigenvalue weighted by atomic mass is 79.9. The van der Waals surface area contributed by atoms with Crippen molar-refractivity contribution >= 4 is 27.7 Å². The van der Waals surface area contributed by atoms with Crippen molar-refractivity contribution in [1.29, 1.82) is 0 Å². The summed E-state index contributed by atoms with van der Waals surface area (Å²) in [6.45, 7) is 7.23. The normalized spacial score (nSPS) is 13.4. The monoisotopic (exact) mass is 306 g/mol. The molecule has 0 aliphatic rings. The quantitative estimate of drug-likeness (QED) is 0.877. The zero-order chi connectivity index (χ0) is 12.1. The summed E-state index contributed by atoms with van der Waals surface area (Å²) in [4.78, 5) is 0. The third-order valence-corrected chi connectivity index (χ3v) is 3.96. The minimum atomic E-state index is -0.448. The number of hydrogen-bond acceptors (Lipinski definition) is 3. The van der Waals surface area contributed by atoms with Gasteiger partial charge in [0.05, 0.1) is 16.4 Å². The predicted octanol–water partition coefficient (Wildman–Crippen LogP) is 3.23. The van der Waals surface area contributed by atoms with Crippen LogP contribution in [0.25, 0.3) is 0 Å². The van der Waals surface area contributed by atoms with E-state index in [0.29, 0.717) is 11.0 Å². The summed E-state index contributed by atoms with van der Waals surface area (Å²) in [6.07, 6.45) is 2.33. The summed E-state index contributed by atoms with van der Waals surface area (Å²) in [6, 6.07) is 0. The third-order valence-electron chi connectivity index (χ3n) is 2.17. The van der Waals surface area contributed by atoms with Crippen LogP contribution in [0.2, 0.25) is 0 Å². The van der Waals surface area contributed by atoms with Crippen LogP contribution in [0.15, 0.2) is 10.7 Å². The Morgan fingerprint density at radius 3 is 2.81 bits per heavy atom. The van der Waals surface area contributed by atoms with Crippen LogP contribution in [0, 0.1) is 0 Å². The second-order valence-electron chi connectivity index (χ2n) is 4.00. The zero-order valence-corrected chi connectivity index (χ0v) is 12.4. The maximum absolute atomic E-state index is 10.1. The van der Waals surface area contributed by atoms with E-state index < -0.39 is 6.10 Å². The molecule has 1 N–H and O–H groups in total. The van der Waals surface area contributed by atoms with Gasteiger partial charge >= 0.3 is 0 Å². The average Bonchev–Trinajstić information content (AvgIpc) is 2.57. The molecule has 0 aromatic carbocycles. The number of halogens is 1. The first-order valence-electron chi connectivity index (χ1n) is 5.57. The number of thioether (sulfide) groups is 1. The molecule has 0 aliphatic heterocycles. The van der Waals surface area contributed by atoms with Gasteiger partial charge in [-0.1, -0.05) is 20.8 Å². The van der Waals surface area contributed by atoms with E-state index in [4.69, 9.17) is 0 Å². The Morgan fingerprint density at radius 1 is 1.56 bits per heavy atom. The molecule has 1 aromatic heterocycles. The van der Waals surface area contributed by atoms with Gasteiger partial charge in [-0.25, -0.2) is 0 Å². The Bertz CT molecular complexity index is 328. The molecule has 5 heteroatoms. The summed E-state index contributed by atoms with van der Waals surface area (Å²) < 4.78 is 2.79. The zero-order valence-electron chi connectivity index (χ0n) is 9.98. The molecule has 1 aromatic rings. The topological polar surface area (TPSA) is 38.0 Å². The van der Waals surface area contributed by atoms with Crippen molar-refractivity contribution in [3.63, 3.8) is 0 Å². The summed E-state index contributed by atoms with van der Waals surface area (Å²) >= 11 is 5.20. The van der Waals surface area contributed by atoms with Crippen molar-refractivity contribution in [2.45, 2.75) is 45.1 Å². The first-order chi connectivity index (χ1) is 7.56. The lowest BCUT2D eigenvalue weighted by Gasteiger charge is -2.14. The van der Waals surface area contributed by atoms with E-state index in [0.717, 1.165) is 23.1 Å². The van der Waals surface area contributed by atoms with Gasteiger partial charge in [0.25, 0.3) is 0 Å². The molecule has 1 heterocycles. The molecular formula is C11H19BrN2OS. The fourth-order valence-corrected chi connectivity index (χ4v) is 2.74. The second kappa shape index (κ2) is 6.67. The molecule has 1 rings (SSSR count). The Kier molecular flexibility index (Phi) is 5.86. The van der Waals surface area contributed by atoms with E-state index in [1.54, 1.807) is 18.0 Å². The first kappa shape index (κ1) is 14.1. The number of aromatic nitrogens is 2. The standard InChI is InChI=1S/C11H19BrN2OS/c1-4-5-14-11(9(12)6-13-14)10(15)7-16-8(2)3/h6,8,10,15H,4-5,7H2,1-3H3. The lowest BCUT2D eigenvalue weighted by molar-refractivity contribution is 0.190. The molecule has 0 radical (unpaired) electrons. The Balaban J connectivity index is 2.72. The minimum absolute atomic E-state index is 0.448. The highest BCUT2D eigenvalue weighted by Gasteiger charge is 2.17.